The normalized spacial score (nSPS) is 29.6. The molecule has 2 aromatic heterocycles. The Morgan fingerprint density at radius 1 is 1.18 bits per heavy atom. The molecule has 33 heavy (non-hydrogen) atoms. The van der Waals surface area contributed by atoms with Gasteiger partial charge in [0.1, 0.15) is 0 Å². The molecule has 0 unspecified atom stereocenters. The van der Waals surface area contributed by atoms with Gasteiger partial charge in [0.05, 0.1) is 11.8 Å². The number of ether oxygens (including phenoxy) is 2. The van der Waals surface area contributed by atoms with Crippen LogP contribution in [-0.2, 0) is 4.74 Å². The van der Waals surface area contributed by atoms with Gasteiger partial charge in [0, 0.05) is 55.7 Å². The van der Waals surface area contributed by atoms with Crippen LogP contribution in [0.4, 0.5) is 19.0 Å². The van der Waals surface area contributed by atoms with Crippen LogP contribution >= 0.6 is 0 Å². The van der Waals surface area contributed by atoms with Gasteiger partial charge in [-0.3, -0.25) is 9.58 Å². The molecule has 2 saturated carbocycles. The summed E-state index contributed by atoms with van der Waals surface area (Å²) in [6.07, 6.45) is 0.415. The average molecular weight is 466 g/mol. The fourth-order valence-electron chi connectivity index (χ4n) is 5.84. The van der Waals surface area contributed by atoms with E-state index in [1.807, 2.05) is 10.7 Å². The van der Waals surface area contributed by atoms with E-state index in [1.165, 1.54) is 25.1 Å². The van der Waals surface area contributed by atoms with Gasteiger partial charge in [-0.2, -0.15) is 5.10 Å². The van der Waals surface area contributed by atoms with E-state index < -0.39 is 12.1 Å². The Morgan fingerprint density at radius 2 is 1.91 bits per heavy atom. The molecule has 0 amide bonds. The molecule has 7 nitrogen and oxygen atoms in total. The number of nitrogens with two attached hydrogens (primary N) is 1. The van der Waals surface area contributed by atoms with Gasteiger partial charge in [-0.1, -0.05) is 0 Å². The zero-order valence-electron chi connectivity index (χ0n) is 19.0. The monoisotopic (exact) mass is 465 g/mol. The van der Waals surface area contributed by atoms with Gasteiger partial charge >= 0.3 is 6.36 Å². The molecule has 3 fully saturated rings. The quantitative estimate of drug-likeness (QED) is 0.688. The van der Waals surface area contributed by atoms with Crippen molar-refractivity contribution in [2.24, 2.45) is 11.8 Å². The Hall–Kier alpha value is -2.33. The second-order valence-corrected chi connectivity index (χ2v) is 9.77. The van der Waals surface area contributed by atoms with Gasteiger partial charge in [0.25, 0.3) is 0 Å². The summed E-state index contributed by atoms with van der Waals surface area (Å²) in [4.78, 5) is 6.47. The van der Waals surface area contributed by atoms with Crippen molar-refractivity contribution in [3.63, 3.8) is 0 Å². The van der Waals surface area contributed by atoms with Crippen LogP contribution in [-0.4, -0.2) is 58.4 Å². The third kappa shape index (κ3) is 4.30. The number of aromatic nitrogens is 3. The number of hydrogen-bond acceptors (Lipinski definition) is 6. The minimum Gasteiger partial charge on any atom is -0.402 e. The van der Waals surface area contributed by atoms with Gasteiger partial charge in [-0.25, -0.2) is 4.98 Å². The molecule has 1 saturated heterocycles. The van der Waals surface area contributed by atoms with E-state index in [-0.39, 0.29) is 11.9 Å². The first kappa shape index (κ1) is 22.5. The number of hydrogen-bond donors (Lipinski definition) is 1. The molecule has 3 heterocycles. The van der Waals surface area contributed by atoms with Gasteiger partial charge < -0.3 is 15.2 Å². The second kappa shape index (κ2) is 8.16. The molecular formula is C23H30F3N5O2. The zero-order valence-corrected chi connectivity index (χ0v) is 19.0. The lowest BCUT2D eigenvalue weighted by Crippen LogP contribution is -2.33. The molecule has 0 bridgehead atoms. The number of anilines is 1. The van der Waals surface area contributed by atoms with Crippen molar-refractivity contribution in [2.45, 2.75) is 63.6 Å². The number of halogens is 3. The van der Waals surface area contributed by atoms with Crippen LogP contribution in [0.5, 0.6) is 5.75 Å². The zero-order chi connectivity index (χ0) is 23.5. The van der Waals surface area contributed by atoms with Crippen LogP contribution in [0.1, 0.15) is 50.8 Å². The van der Waals surface area contributed by atoms with E-state index in [9.17, 15) is 13.2 Å². The van der Waals surface area contributed by atoms with Gasteiger partial charge in [-0.05, 0) is 57.1 Å². The molecule has 0 aromatic carbocycles. The Kier molecular flexibility index (Phi) is 5.55. The van der Waals surface area contributed by atoms with Gasteiger partial charge in [0.2, 0.25) is 0 Å². The number of fused-ring (bicyclic) bond motifs is 1. The van der Waals surface area contributed by atoms with E-state index in [1.54, 1.807) is 7.11 Å². The van der Waals surface area contributed by atoms with Crippen LogP contribution < -0.4 is 10.5 Å². The summed E-state index contributed by atoms with van der Waals surface area (Å²) in [5.74, 6) is 0.893. The number of alkyl halides is 3. The minimum absolute atomic E-state index is 0.138. The molecule has 2 N–H and O–H groups in total. The maximum atomic E-state index is 12.7. The number of nitrogen functional groups attached to an aromatic ring is 1. The highest BCUT2D eigenvalue weighted by Crippen LogP contribution is 2.64. The maximum Gasteiger partial charge on any atom is 0.573 e. The predicted octanol–water partition coefficient (Wildman–Crippen LogP) is 4.22. The molecule has 2 aromatic rings. The second-order valence-electron chi connectivity index (χ2n) is 9.77. The van der Waals surface area contributed by atoms with Crippen LogP contribution in [0.25, 0.3) is 11.3 Å². The SMILES string of the molecule is CO[C@H]1CCN([C@@H]2C[C@@H]3[C@H](C2)[C@@H]3c2cc(-c3cnc(N)c(OC(F)(F)F)c3)nn2C(C)C)C1. The highest BCUT2D eigenvalue weighted by molar-refractivity contribution is 5.64. The summed E-state index contributed by atoms with van der Waals surface area (Å²) in [6.45, 7) is 6.26. The van der Waals surface area contributed by atoms with Crippen molar-refractivity contribution in [1.82, 2.24) is 19.7 Å². The number of nitrogens with zero attached hydrogens (tertiary/aromatic N) is 4. The highest BCUT2D eigenvalue weighted by Gasteiger charge is 2.59. The third-order valence-electron chi connectivity index (χ3n) is 7.44. The fraction of sp³-hybridized carbons (Fsp3) is 0.652. The Labute approximate surface area is 191 Å². The van der Waals surface area contributed by atoms with Crippen molar-refractivity contribution in [3.8, 4) is 17.0 Å². The van der Waals surface area contributed by atoms with E-state index in [0.29, 0.717) is 41.2 Å². The Morgan fingerprint density at radius 3 is 2.52 bits per heavy atom. The Bertz CT molecular complexity index is 1010. The van der Waals surface area contributed by atoms with Crippen LogP contribution in [0, 0.1) is 11.8 Å². The lowest BCUT2D eigenvalue weighted by atomic mass is 10.0. The molecule has 3 aliphatic rings. The van der Waals surface area contributed by atoms with Crippen molar-refractivity contribution < 1.29 is 22.6 Å². The Balaban J connectivity index is 1.34. The molecular weight excluding hydrogens is 435 g/mol. The molecule has 180 valence electrons. The molecule has 5 rings (SSSR count). The summed E-state index contributed by atoms with van der Waals surface area (Å²) in [5.41, 5.74) is 7.78. The lowest BCUT2D eigenvalue weighted by Gasteiger charge is -2.26. The lowest BCUT2D eigenvalue weighted by molar-refractivity contribution is -0.274. The van der Waals surface area contributed by atoms with E-state index in [2.05, 4.69) is 28.5 Å². The topological polar surface area (TPSA) is 78.4 Å². The van der Waals surface area contributed by atoms with Crippen LogP contribution in [0.2, 0.25) is 0 Å². The average Bonchev–Trinajstić information content (AvgIpc) is 3.23. The van der Waals surface area contributed by atoms with E-state index in [4.69, 9.17) is 15.6 Å². The van der Waals surface area contributed by atoms with Gasteiger partial charge in [0.15, 0.2) is 11.6 Å². The van der Waals surface area contributed by atoms with Crippen molar-refractivity contribution in [2.75, 3.05) is 25.9 Å². The first-order valence-corrected chi connectivity index (χ1v) is 11.5. The minimum atomic E-state index is -4.84. The summed E-state index contributed by atoms with van der Waals surface area (Å²) in [6, 6.07) is 4.02. The number of methoxy groups -OCH3 is 1. The van der Waals surface area contributed by atoms with Crippen molar-refractivity contribution in [1.29, 1.82) is 0 Å². The highest BCUT2D eigenvalue weighted by atomic mass is 19.4. The molecule has 0 radical (unpaired) electrons. The predicted molar refractivity (Wildman–Crippen MR) is 117 cm³/mol. The summed E-state index contributed by atoms with van der Waals surface area (Å²) in [5, 5.41) is 4.73. The molecule has 5 atom stereocenters. The fourth-order valence-corrected chi connectivity index (χ4v) is 5.84. The number of likely N-dealkylation sites (tertiary alicyclic amines) is 1. The van der Waals surface area contributed by atoms with Crippen LogP contribution in [0.15, 0.2) is 18.3 Å². The first-order valence-electron chi connectivity index (χ1n) is 11.5. The van der Waals surface area contributed by atoms with Crippen molar-refractivity contribution >= 4 is 5.82 Å². The van der Waals surface area contributed by atoms with Crippen molar-refractivity contribution in [3.05, 3.63) is 24.0 Å². The summed E-state index contributed by atoms with van der Waals surface area (Å²) < 4.78 is 49.7. The standard InChI is InChI=1S/C23H30F3N5O2/c1-12(2)31-19(21-16-7-14(8-17(16)21)30-5-4-15(11-30)32-3)9-18(29-31)13-6-20(22(27)28-10-13)33-23(24,25)26/h6,9-10,12,14-17,21H,4-5,7-8,11H2,1-3H3,(H2,27,28)/t14-,15-,16-,17+,21-/m0/s1. The molecule has 0 spiro atoms. The molecule has 1 aliphatic heterocycles. The summed E-state index contributed by atoms with van der Waals surface area (Å²) in [7, 11) is 1.79. The van der Waals surface area contributed by atoms with Crippen LogP contribution in [0.3, 0.4) is 0 Å². The third-order valence-corrected chi connectivity index (χ3v) is 7.44. The smallest absolute Gasteiger partial charge is 0.402 e. The maximum absolute atomic E-state index is 12.7. The number of rotatable bonds is 6. The van der Waals surface area contributed by atoms with Gasteiger partial charge in [-0.15, -0.1) is 13.2 Å². The number of pyridine rings is 1. The van der Waals surface area contributed by atoms with E-state index in [0.717, 1.165) is 25.2 Å². The summed E-state index contributed by atoms with van der Waals surface area (Å²) >= 11 is 0. The first-order chi connectivity index (χ1) is 15.6. The largest absolute Gasteiger partial charge is 0.573 e. The van der Waals surface area contributed by atoms with E-state index >= 15 is 0 Å². The molecule has 2 aliphatic carbocycles. The molecule has 10 heteroatoms.